The number of para-hydroxylation sites is 2. The highest BCUT2D eigenvalue weighted by Crippen LogP contribution is 2.46. The average Bonchev–Trinajstić information content (AvgIpc) is 2.44. The lowest BCUT2D eigenvalue weighted by Gasteiger charge is -2.30. The normalized spacial score (nSPS) is 15.2. The largest absolute Gasteiger partial charge is 0.457 e. The van der Waals surface area contributed by atoms with E-state index in [1.54, 1.807) is 0 Å². The maximum absolute atomic E-state index is 11.2. The van der Waals surface area contributed by atoms with Crippen molar-refractivity contribution >= 4 is 6.29 Å². The van der Waals surface area contributed by atoms with E-state index in [-0.39, 0.29) is 11.8 Å². The Labute approximate surface area is 106 Å². The number of fused-ring (bicyclic) bond motifs is 2. The zero-order valence-corrected chi connectivity index (χ0v) is 10.2. The third kappa shape index (κ3) is 1.61. The smallest absolute Gasteiger partial charge is 0.131 e. The Balaban J connectivity index is 2.20. The summed E-state index contributed by atoms with van der Waals surface area (Å²) >= 11 is 0. The first-order valence-electron chi connectivity index (χ1n) is 6.12. The molecule has 2 aromatic carbocycles. The van der Waals surface area contributed by atoms with Crippen LogP contribution in [0.1, 0.15) is 24.0 Å². The van der Waals surface area contributed by atoms with E-state index in [2.05, 4.69) is 0 Å². The Morgan fingerprint density at radius 2 is 1.50 bits per heavy atom. The Morgan fingerprint density at radius 3 is 2.00 bits per heavy atom. The summed E-state index contributed by atoms with van der Waals surface area (Å²) in [5.74, 6) is 1.74. The topological polar surface area (TPSA) is 26.3 Å². The molecule has 0 saturated heterocycles. The van der Waals surface area contributed by atoms with Crippen LogP contribution in [0.25, 0.3) is 0 Å². The molecule has 90 valence electrons. The van der Waals surface area contributed by atoms with E-state index in [0.717, 1.165) is 28.9 Å². The monoisotopic (exact) mass is 238 g/mol. The van der Waals surface area contributed by atoms with Gasteiger partial charge < -0.3 is 9.53 Å². The van der Waals surface area contributed by atoms with Crippen molar-refractivity contribution in [3.8, 4) is 11.5 Å². The number of hydrogen-bond donors (Lipinski definition) is 0. The number of benzene rings is 2. The standard InChI is InChI=1S/C16H14O2/c1-11(10-17)16-12-6-2-4-8-14(12)18-15-9-5-3-7-13(15)16/h2-11,16H,1H3. The summed E-state index contributed by atoms with van der Waals surface area (Å²) in [7, 11) is 0. The van der Waals surface area contributed by atoms with Gasteiger partial charge in [0.15, 0.2) is 0 Å². The second-order valence-corrected chi connectivity index (χ2v) is 4.65. The highest BCUT2D eigenvalue weighted by atomic mass is 16.5. The van der Waals surface area contributed by atoms with Crippen molar-refractivity contribution < 1.29 is 9.53 Å². The maximum Gasteiger partial charge on any atom is 0.131 e. The predicted molar refractivity (Wildman–Crippen MR) is 70.0 cm³/mol. The summed E-state index contributed by atoms with van der Waals surface area (Å²) < 4.78 is 5.89. The van der Waals surface area contributed by atoms with Crippen molar-refractivity contribution in [1.82, 2.24) is 0 Å². The van der Waals surface area contributed by atoms with Gasteiger partial charge in [-0.1, -0.05) is 43.3 Å². The molecule has 0 bridgehead atoms. The molecule has 2 nitrogen and oxygen atoms in total. The molecule has 0 aromatic heterocycles. The molecular formula is C16H14O2. The molecule has 3 rings (SSSR count). The first-order valence-corrected chi connectivity index (χ1v) is 6.12. The summed E-state index contributed by atoms with van der Waals surface area (Å²) in [5.41, 5.74) is 2.19. The van der Waals surface area contributed by atoms with Crippen molar-refractivity contribution in [3.63, 3.8) is 0 Å². The van der Waals surface area contributed by atoms with Crippen LogP contribution in [0.3, 0.4) is 0 Å². The number of carbonyl (C=O) groups excluding carboxylic acids is 1. The van der Waals surface area contributed by atoms with Gasteiger partial charge in [-0.05, 0) is 12.1 Å². The predicted octanol–water partition coefficient (Wildman–Crippen LogP) is 3.76. The van der Waals surface area contributed by atoms with Gasteiger partial charge in [-0.3, -0.25) is 0 Å². The van der Waals surface area contributed by atoms with Crippen molar-refractivity contribution in [3.05, 3.63) is 59.7 Å². The molecule has 1 aliphatic rings. The van der Waals surface area contributed by atoms with Crippen LogP contribution in [0.15, 0.2) is 48.5 Å². The average molecular weight is 238 g/mol. The van der Waals surface area contributed by atoms with Gasteiger partial charge in [0.25, 0.3) is 0 Å². The van der Waals surface area contributed by atoms with Crippen molar-refractivity contribution in [1.29, 1.82) is 0 Å². The van der Waals surface area contributed by atoms with Crippen LogP contribution in [-0.4, -0.2) is 6.29 Å². The molecule has 0 radical (unpaired) electrons. The summed E-state index contributed by atoms with van der Waals surface area (Å²) in [6, 6.07) is 15.9. The van der Waals surface area contributed by atoms with Gasteiger partial charge in [-0.2, -0.15) is 0 Å². The van der Waals surface area contributed by atoms with E-state index in [1.165, 1.54) is 0 Å². The molecule has 0 aliphatic carbocycles. The van der Waals surface area contributed by atoms with E-state index in [9.17, 15) is 4.79 Å². The maximum atomic E-state index is 11.2. The van der Waals surface area contributed by atoms with E-state index in [4.69, 9.17) is 4.74 Å². The van der Waals surface area contributed by atoms with Gasteiger partial charge in [0, 0.05) is 23.0 Å². The van der Waals surface area contributed by atoms with E-state index >= 15 is 0 Å². The molecule has 18 heavy (non-hydrogen) atoms. The molecule has 0 fully saturated rings. The molecule has 1 unspecified atom stereocenters. The number of rotatable bonds is 2. The minimum atomic E-state index is -0.0591. The molecule has 2 heteroatoms. The molecule has 1 heterocycles. The van der Waals surface area contributed by atoms with Gasteiger partial charge in [-0.15, -0.1) is 0 Å². The molecule has 2 aromatic rings. The summed E-state index contributed by atoms with van der Waals surface area (Å²) in [5, 5.41) is 0. The SMILES string of the molecule is CC(C=O)C1c2ccccc2Oc2ccccc21. The number of hydrogen-bond acceptors (Lipinski definition) is 2. The molecule has 0 saturated carbocycles. The first kappa shape index (κ1) is 11.0. The molecule has 1 atom stereocenters. The lowest BCUT2D eigenvalue weighted by molar-refractivity contribution is -0.111. The number of carbonyl (C=O) groups is 1. The van der Waals surface area contributed by atoms with E-state index in [1.807, 2.05) is 55.5 Å². The molecule has 0 spiro atoms. The van der Waals surface area contributed by atoms with Crippen molar-refractivity contribution in [2.45, 2.75) is 12.8 Å². The minimum absolute atomic E-state index is 0.0591. The quantitative estimate of drug-likeness (QED) is 0.745. The summed E-state index contributed by atoms with van der Waals surface area (Å²) in [6.45, 7) is 1.95. The van der Waals surface area contributed by atoms with Crippen LogP contribution < -0.4 is 4.74 Å². The number of aldehydes is 1. The van der Waals surface area contributed by atoms with E-state index in [0.29, 0.717) is 0 Å². The van der Waals surface area contributed by atoms with Crippen LogP contribution in [0.4, 0.5) is 0 Å². The van der Waals surface area contributed by atoms with Crippen LogP contribution in [0, 0.1) is 5.92 Å². The van der Waals surface area contributed by atoms with Gasteiger partial charge in [0.05, 0.1) is 0 Å². The van der Waals surface area contributed by atoms with E-state index < -0.39 is 0 Å². The molecule has 1 aliphatic heterocycles. The highest BCUT2D eigenvalue weighted by Gasteiger charge is 2.30. The second kappa shape index (κ2) is 4.30. The van der Waals surface area contributed by atoms with Crippen molar-refractivity contribution in [2.24, 2.45) is 5.92 Å². The molecule has 0 amide bonds. The Bertz CT molecular complexity index is 544. The van der Waals surface area contributed by atoms with Gasteiger partial charge in [0.1, 0.15) is 17.8 Å². The first-order chi connectivity index (χ1) is 8.81. The van der Waals surface area contributed by atoms with Crippen LogP contribution in [0.5, 0.6) is 11.5 Å². The zero-order valence-electron chi connectivity index (χ0n) is 10.2. The lowest BCUT2D eigenvalue weighted by Crippen LogP contribution is -2.17. The summed E-state index contributed by atoms with van der Waals surface area (Å²) in [6.07, 6.45) is 1.02. The third-order valence-electron chi connectivity index (χ3n) is 3.47. The fraction of sp³-hybridized carbons (Fsp3) is 0.188. The minimum Gasteiger partial charge on any atom is -0.457 e. The van der Waals surface area contributed by atoms with Gasteiger partial charge >= 0.3 is 0 Å². The third-order valence-corrected chi connectivity index (χ3v) is 3.47. The fourth-order valence-electron chi connectivity index (χ4n) is 2.59. The van der Waals surface area contributed by atoms with Gasteiger partial charge in [-0.25, -0.2) is 0 Å². The second-order valence-electron chi connectivity index (χ2n) is 4.65. The number of ether oxygens (including phenoxy) is 1. The molecule has 0 N–H and O–H groups in total. The highest BCUT2D eigenvalue weighted by molar-refractivity contribution is 5.62. The van der Waals surface area contributed by atoms with Crippen LogP contribution in [-0.2, 0) is 4.79 Å². The Kier molecular flexibility index (Phi) is 2.63. The molecular weight excluding hydrogens is 224 g/mol. The summed E-state index contributed by atoms with van der Waals surface area (Å²) in [4.78, 5) is 11.2. The van der Waals surface area contributed by atoms with Crippen LogP contribution in [0.2, 0.25) is 0 Å². The van der Waals surface area contributed by atoms with Crippen molar-refractivity contribution in [2.75, 3.05) is 0 Å². The van der Waals surface area contributed by atoms with Gasteiger partial charge in [0.2, 0.25) is 0 Å². The Hall–Kier alpha value is -2.09. The Morgan fingerprint density at radius 1 is 1.00 bits per heavy atom. The fourth-order valence-corrected chi connectivity index (χ4v) is 2.59. The lowest BCUT2D eigenvalue weighted by atomic mass is 9.80. The van der Waals surface area contributed by atoms with Crippen LogP contribution >= 0.6 is 0 Å². The zero-order chi connectivity index (χ0) is 12.5.